The number of ether oxygens (including phenoxy) is 2. The highest BCUT2D eigenvalue weighted by Gasteiger charge is 2.26. The van der Waals surface area contributed by atoms with Crippen molar-refractivity contribution in [3.63, 3.8) is 0 Å². The van der Waals surface area contributed by atoms with E-state index < -0.39 is 33.2 Å². The lowest BCUT2D eigenvalue weighted by molar-refractivity contribution is -0.154. The van der Waals surface area contributed by atoms with Gasteiger partial charge in [0.25, 0.3) is 0 Å². The van der Waals surface area contributed by atoms with Gasteiger partial charge in [-0.15, -0.1) is 0 Å². The van der Waals surface area contributed by atoms with Crippen molar-refractivity contribution in [2.75, 3.05) is 33.0 Å². The molecule has 0 aliphatic rings. The molecule has 10 heteroatoms. The zero-order chi connectivity index (χ0) is 43.2. The average molecular weight is 863 g/mol. The summed E-state index contributed by atoms with van der Waals surface area (Å²) in [6.45, 7) is 3.60. The number of unbranched alkanes of at least 4 members (excludes halogenated alkanes) is 36. The second-order valence-electron chi connectivity index (χ2n) is 17.6. The summed E-state index contributed by atoms with van der Waals surface area (Å²) in [6, 6.07) is 0. The summed E-state index contributed by atoms with van der Waals surface area (Å²) in [6.07, 6.45) is 47.8. The van der Waals surface area contributed by atoms with Crippen LogP contribution in [0.1, 0.15) is 264 Å². The van der Waals surface area contributed by atoms with E-state index in [2.05, 4.69) is 13.8 Å². The molecule has 0 amide bonds. The van der Waals surface area contributed by atoms with Crippen LogP contribution in [-0.2, 0) is 27.9 Å². The van der Waals surface area contributed by atoms with Gasteiger partial charge in [0, 0.05) is 13.0 Å². The Labute approximate surface area is 365 Å². The van der Waals surface area contributed by atoms with Gasteiger partial charge in [-0.2, -0.15) is 0 Å². The molecule has 0 aromatic heterocycles. The molecule has 0 aliphatic heterocycles. The van der Waals surface area contributed by atoms with Crippen molar-refractivity contribution in [1.82, 2.24) is 0 Å². The first-order chi connectivity index (χ1) is 28.8. The summed E-state index contributed by atoms with van der Waals surface area (Å²) in [7, 11) is -4.51. The molecule has 9 nitrogen and oxygen atoms in total. The topological polar surface area (TPSA) is 132 Å². The summed E-state index contributed by atoms with van der Waals surface area (Å²) < 4.78 is 33.5. The first-order valence-corrected chi connectivity index (χ1v) is 27.0. The SMILES string of the molecule is CCCCCCCCCCCCCCCCCCCCCCCCC(=O)O[C@H](COCCCCCCCCCCCCCCCCCC)COP(=O)(O)OC[C@@H](O)CO. The number of rotatable bonds is 50. The maximum absolute atomic E-state index is 12.7. The summed E-state index contributed by atoms with van der Waals surface area (Å²) in [5.74, 6) is -0.373. The Balaban J connectivity index is 4.00. The molecule has 0 radical (unpaired) electrons. The fourth-order valence-corrected chi connectivity index (χ4v) is 8.44. The number of aliphatic hydroxyl groups excluding tert-OH is 2. The first kappa shape index (κ1) is 58.5. The maximum Gasteiger partial charge on any atom is 0.472 e. The summed E-state index contributed by atoms with van der Waals surface area (Å²) in [4.78, 5) is 22.7. The van der Waals surface area contributed by atoms with Crippen LogP contribution < -0.4 is 0 Å². The minimum absolute atomic E-state index is 0.0586. The largest absolute Gasteiger partial charge is 0.472 e. The van der Waals surface area contributed by atoms with Gasteiger partial charge in [0.15, 0.2) is 0 Å². The molecule has 0 fully saturated rings. The molecule has 3 atom stereocenters. The van der Waals surface area contributed by atoms with Gasteiger partial charge in [0.1, 0.15) is 12.2 Å². The number of hydrogen-bond donors (Lipinski definition) is 3. The Morgan fingerprint density at radius 1 is 0.458 bits per heavy atom. The Morgan fingerprint density at radius 3 is 1.10 bits per heavy atom. The highest BCUT2D eigenvalue weighted by molar-refractivity contribution is 7.47. The Bertz CT molecular complexity index is 892. The van der Waals surface area contributed by atoms with Crippen LogP contribution in [0.4, 0.5) is 0 Å². The average Bonchev–Trinajstić information content (AvgIpc) is 3.23. The molecule has 354 valence electrons. The standard InChI is InChI=1S/C49H99O9P/c1-3-5-7-9-11-13-15-17-19-21-22-23-24-25-26-27-29-31-33-35-37-39-41-49(52)58-48(46-57-59(53,54)56-44-47(51)43-50)45-55-42-40-38-36-34-32-30-28-20-18-16-14-12-10-8-6-4-2/h47-48,50-51H,3-46H2,1-2H3,(H,53,54)/t47-,48+/m0/s1. The van der Waals surface area contributed by atoms with Gasteiger partial charge in [0.2, 0.25) is 0 Å². The highest BCUT2D eigenvalue weighted by Crippen LogP contribution is 2.43. The fraction of sp³-hybridized carbons (Fsp3) is 0.980. The van der Waals surface area contributed by atoms with Crippen LogP contribution in [0.5, 0.6) is 0 Å². The van der Waals surface area contributed by atoms with E-state index >= 15 is 0 Å². The van der Waals surface area contributed by atoms with Crippen LogP contribution in [-0.4, -0.2) is 66.3 Å². The van der Waals surface area contributed by atoms with E-state index in [1.807, 2.05) is 0 Å². The van der Waals surface area contributed by atoms with Gasteiger partial charge >= 0.3 is 13.8 Å². The summed E-state index contributed by atoms with van der Waals surface area (Å²) in [5, 5.41) is 18.4. The minimum Gasteiger partial charge on any atom is -0.457 e. The quantitative estimate of drug-likeness (QED) is 0.0311. The summed E-state index contributed by atoms with van der Waals surface area (Å²) in [5.41, 5.74) is 0. The maximum atomic E-state index is 12.7. The molecule has 59 heavy (non-hydrogen) atoms. The third-order valence-corrected chi connectivity index (χ3v) is 12.5. The normalized spacial score (nSPS) is 13.8. The lowest BCUT2D eigenvalue weighted by atomic mass is 10.0. The molecule has 0 aromatic carbocycles. The van der Waals surface area contributed by atoms with E-state index in [9.17, 15) is 19.4 Å². The molecule has 0 heterocycles. The monoisotopic (exact) mass is 863 g/mol. The molecule has 0 aliphatic carbocycles. The van der Waals surface area contributed by atoms with Gasteiger partial charge in [-0.3, -0.25) is 13.8 Å². The molecular weight excluding hydrogens is 764 g/mol. The lowest BCUT2D eigenvalue weighted by Gasteiger charge is -2.20. The molecular formula is C49H99O9P. The van der Waals surface area contributed by atoms with E-state index in [4.69, 9.17) is 23.6 Å². The van der Waals surface area contributed by atoms with E-state index in [1.165, 1.54) is 212 Å². The molecule has 1 unspecified atom stereocenters. The molecule has 3 N–H and O–H groups in total. The Morgan fingerprint density at radius 2 is 0.763 bits per heavy atom. The molecule has 0 bridgehead atoms. The Hall–Kier alpha value is -0.540. The van der Waals surface area contributed by atoms with Crippen molar-refractivity contribution in [3.8, 4) is 0 Å². The van der Waals surface area contributed by atoms with Gasteiger partial charge in [0.05, 0.1) is 26.4 Å². The van der Waals surface area contributed by atoms with E-state index in [1.54, 1.807) is 0 Å². The molecule has 0 aromatic rings. The van der Waals surface area contributed by atoms with Crippen LogP contribution in [0.15, 0.2) is 0 Å². The molecule has 0 saturated carbocycles. The molecule has 0 saturated heterocycles. The van der Waals surface area contributed by atoms with Crippen LogP contribution >= 0.6 is 7.82 Å². The van der Waals surface area contributed by atoms with Gasteiger partial charge < -0.3 is 24.6 Å². The predicted octanol–water partition coefficient (Wildman–Crippen LogP) is 14.7. The lowest BCUT2D eigenvalue weighted by Crippen LogP contribution is -2.29. The van der Waals surface area contributed by atoms with E-state index in [0.717, 1.165) is 32.1 Å². The number of esters is 1. The van der Waals surface area contributed by atoms with Crippen molar-refractivity contribution in [3.05, 3.63) is 0 Å². The van der Waals surface area contributed by atoms with Crippen molar-refractivity contribution in [2.24, 2.45) is 0 Å². The second kappa shape index (κ2) is 47.0. The van der Waals surface area contributed by atoms with Crippen LogP contribution in [0.3, 0.4) is 0 Å². The van der Waals surface area contributed by atoms with Gasteiger partial charge in [-0.25, -0.2) is 4.57 Å². The van der Waals surface area contributed by atoms with E-state index in [-0.39, 0.29) is 25.6 Å². The third kappa shape index (κ3) is 46.8. The number of aliphatic hydroxyl groups is 2. The Kier molecular flexibility index (Phi) is 46.5. The number of carbonyl (C=O) groups is 1. The number of carbonyl (C=O) groups excluding carboxylic acids is 1. The number of phosphoric ester groups is 1. The molecule has 0 spiro atoms. The molecule has 0 rings (SSSR count). The van der Waals surface area contributed by atoms with Gasteiger partial charge in [-0.05, 0) is 12.8 Å². The van der Waals surface area contributed by atoms with Crippen molar-refractivity contribution >= 4 is 13.8 Å². The third-order valence-electron chi connectivity index (χ3n) is 11.5. The van der Waals surface area contributed by atoms with Crippen molar-refractivity contribution in [2.45, 2.75) is 276 Å². The smallest absolute Gasteiger partial charge is 0.457 e. The fourth-order valence-electron chi connectivity index (χ4n) is 7.65. The summed E-state index contributed by atoms with van der Waals surface area (Å²) >= 11 is 0. The van der Waals surface area contributed by atoms with Gasteiger partial charge in [-0.1, -0.05) is 245 Å². The number of hydrogen-bond acceptors (Lipinski definition) is 8. The van der Waals surface area contributed by atoms with Crippen LogP contribution in [0.25, 0.3) is 0 Å². The zero-order valence-electron chi connectivity index (χ0n) is 39.0. The van der Waals surface area contributed by atoms with Crippen molar-refractivity contribution in [1.29, 1.82) is 0 Å². The first-order valence-electron chi connectivity index (χ1n) is 25.5. The zero-order valence-corrected chi connectivity index (χ0v) is 39.9. The van der Waals surface area contributed by atoms with Crippen molar-refractivity contribution < 1.29 is 43.0 Å². The minimum atomic E-state index is -4.51. The second-order valence-corrected chi connectivity index (χ2v) is 19.0. The van der Waals surface area contributed by atoms with Crippen LogP contribution in [0.2, 0.25) is 0 Å². The highest BCUT2D eigenvalue weighted by atomic mass is 31.2. The van der Waals surface area contributed by atoms with E-state index in [0.29, 0.717) is 6.61 Å². The number of phosphoric acid groups is 1. The predicted molar refractivity (Wildman–Crippen MR) is 247 cm³/mol. The van der Waals surface area contributed by atoms with Crippen LogP contribution in [0, 0.1) is 0 Å².